The lowest BCUT2D eigenvalue weighted by molar-refractivity contribution is 0.368. The Bertz CT molecular complexity index is 602. The highest BCUT2D eigenvalue weighted by Gasteiger charge is 2.04. The number of rotatable bonds is 6. The van der Waals surface area contributed by atoms with Gasteiger partial charge in [0, 0.05) is 11.7 Å². The second-order valence-electron chi connectivity index (χ2n) is 4.85. The largest absolute Gasteiger partial charge is 0.479 e. The first-order chi connectivity index (χ1) is 10.2. The summed E-state index contributed by atoms with van der Waals surface area (Å²) in [6.45, 7) is 2.12. The molecule has 0 aromatic heterocycles. The summed E-state index contributed by atoms with van der Waals surface area (Å²) in [4.78, 5) is 0. The van der Waals surface area contributed by atoms with E-state index in [0.29, 0.717) is 5.75 Å². The van der Waals surface area contributed by atoms with Gasteiger partial charge in [-0.2, -0.15) is 5.26 Å². The number of hydrogen-bond acceptors (Lipinski definition) is 3. The van der Waals surface area contributed by atoms with Crippen LogP contribution in [0.3, 0.4) is 0 Å². The first kappa shape index (κ1) is 14.9. The van der Waals surface area contributed by atoms with E-state index in [1.807, 2.05) is 30.3 Å². The minimum absolute atomic E-state index is 0.0493. The van der Waals surface area contributed by atoms with Crippen LogP contribution in [0.4, 0.5) is 10.1 Å². The molecule has 2 aromatic carbocycles. The van der Waals surface area contributed by atoms with Gasteiger partial charge in [0.2, 0.25) is 0 Å². The molecule has 0 aliphatic rings. The van der Waals surface area contributed by atoms with Gasteiger partial charge < -0.3 is 10.1 Å². The molecule has 0 aliphatic carbocycles. The van der Waals surface area contributed by atoms with Gasteiger partial charge in [0.15, 0.2) is 6.61 Å². The van der Waals surface area contributed by atoms with Crippen molar-refractivity contribution in [1.29, 1.82) is 5.26 Å². The standard InChI is InChI=1S/C17H17FN2O/c1-13(12-14-2-4-15(18)5-3-14)20-16-6-8-17(9-7-16)21-11-10-19/h2-9,13,20H,11-12H2,1H3. The molecule has 1 atom stereocenters. The van der Waals surface area contributed by atoms with Gasteiger partial charge in [-0.3, -0.25) is 0 Å². The van der Waals surface area contributed by atoms with Crippen molar-refractivity contribution in [3.63, 3.8) is 0 Å². The maximum absolute atomic E-state index is 12.8. The summed E-state index contributed by atoms with van der Waals surface area (Å²) < 4.78 is 18.0. The summed E-state index contributed by atoms with van der Waals surface area (Å²) in [5.74, 6) is 0.459. The number of nitrogens with zero attached hydrogens (tertiary/aromatic N) is 1. The maximum atomic E-state index is 12.8. The molecule has 0 aliphatic heterocycles. The summed E-state index contributed by atoms with van der Waals surface area (Å²) in [6.07, 6.45) is 0.812. The minimum Gasteiger partial charge on any atom is -0.479 e. The van der Waals surface area contributed by atoms with E-state index in [-0.39, 0.29) is 18.5 Å². The second kappa shape index (κ2) is 7.30. The lowest BCUT2D eigenvalue weighted by atomic mass is 10.1. The first-order valence-corrected chi connectivity index (χ1v) is 6.78. The molecule has 0 radical (unpaired) electrons. The van der Waals surface area contributed by atoms with Crippen LogP contribution in [0.25, 0.3) is 0 Å². The van der Waals surface area contributed by atoms with Crippen LogP contribution in [0, 0.1) is 17.1 Å². The zero-order valence-electron chi connectivity index (χ0n) is 11.8. The third-order valence-corrected chi connectivity index (χ3v) is 3.03. The smallest absolute Gasteiger partial charge is 0.174 e. The van der Waals surface area contributed by atoms with Gasteiger partial charge >= 0.3 is 0 Å². The number of nitriles is 1. The van der Waals surface area contributed by atoms with E-state index in [1.54, 1.807) is 12.1 Å². The van der Waals surface area contributed by atoms with Gasteiger partial charge in [-0.05, 0) is 55.3 Å². The van der Waals surface area contributed by atoms with Gasteiger partial charge in [-0.15, -0.1) is 0 Å². The van der Waals surface area contributed by atoms with Crippen molar-refractivity contribution in [2.24, 2.45) is 0 Å². The average molecular weight is 284 g/mol. The number of ether oxygens (including phenoxy) is 1. The molecule has 2 rings (SSSR count). The number of benzene rings is 2. The van der Waals surface area contributed by atoms with Crippen molar-refractivity contribution in [3.8, 4) is 11.8 Å². The topological polar surface area (TPSA) is 45.0 Å². The van der Waals surface area contributed by atoms with E-state index in [4.69, 9.17) is 10.00 Å². The van der Waals surface area contributed by atoms with Crippen molar-refractivity contribution in [2.75, 3.05) is 11.9 Å². The summed E-state index contributed by atoms with van der Waals surface area (Å²) >= 11 is 0. The molecule has 1 N–H and O–H groups in total. The van der Waals surface area contributed by atoms with E-state index in [0.717, 1.165) is 17.7 Å². The molecule has 0 heterocycles. The first-order valence-electron chi connectivity index (χ1n) is 6.78. The van der Waals surface area contributed by atoms with E-state index in [1.165, 1.54) is 12.1 Å². The zero-order valence-corrected chi connectivity index (χ0v) is 11.8. The third kappa shape index (κ3) is 4.81. The summed E-state index contributed by atoms with van der Waals surface area (Å²) in [5.41, 5.74) is 2.07. The predicted octanol–water partition coefficient (Wildman–Crippen LogP) is 3.77. The SMILES string of the molecule is CC(Cc1ccc(F)cc1)Nc1ccc(OCC#N)cc1. The van der Waals surface area contributed by atoms with E-state index in [2.05, 4.69) is 12.2 Å². The molecule has 2 aromatic rings. The fourth-order valence-electron chi connectivity index (χ4n) is 2.07. The lowest BCUT2D eigenvalue weighted by Crippen LogP contribution is -2.17. The zero-order chi connectivity index (χ0) is 15.1. The van der Waals surface area contributed by atoms with Crippen molar-refractivity contribution in [1.82, 2.24) is 0 Å². The van der Waals surface area contributed by atoms with E-state index < -0.39 is 0 Å². The monoisotopic (exact) mass is 284 g/mol. The Morgan fingerprint density at radius 3 is 2.43 bits per heavy atom. The van der Waals surface area contributed by atoms with Crippen molar-refractivity contribution < 1.29 is 9.13 Å². The van der Waals surface area contributed by atoms with E-state index >= 15 is 0 Å². The molecule has 1 unspecified atom stereocenters. The summed E-state index contributed by atoms with van der Waals surface area (Å²) in [7, 11) is 0. The van der Waals surface area contributed by atoms with E-state index in [9.17, 15) is 4.39 Å². The molecular formula is C17H17FN2O. The highest BCUT2D eigenvalue weighted by molar-refractivity contribution is 5.47. The van der Waals surface area contributed by atoms with Crippen LogP contribution in [0.1, 0.15) is 12.5 Å². The Morgan fingerprint density at radius 2 is 1.81 bits per heavy atom. The fraction of sp³-hybridized carbons (Fsp3) is 0.235. The molecule has 0 amide bonds. The van der Waals surface area contributed by atoms with Crippen LogP contribution >= 0.6 is 0 Å². The molecule has 4 heteroatoms. The van der Waals surface area contributed by atoms with Crippen LogP contribution in [-0.4, -0.2) is 12.6 Å². The highest BCUT2D eigenvalue weighted by Crippen LogP contribution is 2.17. The Balaban J connectivity index is 1.88. The molecule has 0 fully saturated rings. The highest BCUT2D eigenvalue weighted by atomic mass is 19.1. The molecule has 0 spiro atoms. The fourth-order valence-corrected chi connectivity index (χ4v) is 2.07. The van der Waals surface area contributed by atoms with Crippen LogP contribution in [0.2, 0.25) is 0 Å². The average Bonchev–Trinajstić information content (AvgIpc) is 2.49. The van der Waals surface area contributed by atoms with Crippen LogP contribution in [0.15, 0.2) is 48.5 Å². The summed E-state index contributed by atoms with van der Waals surface area (Å²) in [6, 6.07) is 16.2. The maximum Gasteiger partial charge on any atom is 0.174 e. The Kier molecular flexibility index (Phi) is 5.16. The van der Waals surface area contributed by atoms with Gasteiger partial charge in [0.25, 0.3) is 0 Å². The molecule has 0 saturated carbocycles. The Hall–Kier alpha value is -2.54. The number of anilines is 1. The van der Waals surface area contributed by atoms with Crippen molar-refractivity contribution in [2.45, 2.75) is 19.4 Å². The predicted molar refractivity (Wildman–Crippen MR) is 80.7 cm³/mol. The molecule has 0 saturated heterocycles. The van der Waals surface area contributed by atoms with Crippen molar-refractivity contribution >= 4 is 5.69 Å². The normalized spacial score (nSPS) is 11.5. The van der Waals surface area contributed by atoms with Gasteiger partial charge in [0.05, 0.1) is 0 Å². The molecule has 108 valence electrons. The second-order valence-corrected chi connectivity index (χ2v) is 4.85. The molecular weight excluding hydrogens is 267 g/mol. The van der Waals surface area contributed by atoms with Crippen LogP contribution in [0.5, 0.6) is 5.75 Å². The minimum atomic E-state index is -0.215. The van der Waals surface area contributed by atoms with Gasteiger partial charge in [-0.25, -0.2) is 4.39 Å². The Morgan fingerprint density at radius 1 is 1.14 bits per heavy atom. The molecule has 0 bridgehead atoms. The Labute approximate surface area is 124 Å². The number of hydrogen-bond donors (Lipinski definition) is 1. The number of nitrogens with one attached hydrogen (secondary N) is 1. The van der Waals surface area contributed by atoms with Gasteiger partial charge in [0.1, 0.15) is 17.6 Å². The van der Waals surface area contributed by atoms with Crippen LogP contribution in [-0.2, 0) is 6.42 Å². The summed E-state index contributed by atoms with van der Waals surface area (Å²) in [5, 5.41) is 11.8. The quantitative estimate of drug-likeness (QED) is 0.878. The van der Waals surface area contributed by atoms with Gasteiger partial charge in [-0.1, -0.05) is 12.1 Å². The van der Waals surface area contributed by atoms with Crippen LogP contribution < -0.4 is 10.1 Å². The lowest BCUT2D eigenvalue weighted by Gasteiger charge is -2.15. The number of halogens is 1. The van der Waals surface area contributed by atoms with Crippen molar-refractivity contribution in [3.05, 3.63) is 59.9 Å². The molecule has 21 heavy (non-hydrogen) atoms. The molecule has 3 nitrogen and oxygen atoms in total. The third-order valence-electron chi connectivity index (χ3n) is 3.03.